The molecule has 1 heterocycles. The fourth-order valence-electron chi connectivity index (χ4n) is 1.92. The third-order valence-electron chi connectivity index (χ3n) is 3.19. The Balaban J connectivity index is 2.40. The Bertz CT molecular complexity index is 614. The number of rotatable bonds is 1. The zero-order valence-corrected chi connectivity index (χ0v) is 14.0. The Morgan fingerprint density at radius 3 is 2.55 bits per heavy atom. The minimum Gasteiger partial charge on any atom is -0.315 e. The monoisotopic (exact) mass is 402 g/mol. The highest BCUT2D eigenvalue weighted by Crippen LogP contribution is 2.27. The van der Waals surface area contributed by atoms with Crippen molar-refractivity contribution in [2.45, 2.75) is 19.4 Å². The van der Waals surface area contributed by atoms with Gasteiger partial charge in [-0.3, -0.25) is 19.7 Å². The van der Waals surface area contributed by atoms with Gasteiger partial charge in [-0.25, -0.2) is 0 Å². The van der Waals surface area contributed by atoms with Crippen molar-refractivity contribution in [1.82, 2.24) is 10.2 Å². The maximum Gasteiger partial charge on any atom is 0.256 e. The van der Waals surface area contributed by atoms with E-state index in [0.29, 0.717) is 10.0 Å². The minimum absolute atomic E-state index is 0.139. The van der Waals surface area contributed by atoms with Gasteiger partial charge in [-0.2, -0.15) is 0 Å². The van der Waals surface area contributed by atoms with Crippen LogP contribution in [0.4, 0.5) is 0 Å². The maximum absolute atomic E-state index is 12.6. The van der Waals surface area contributed by atoms with Crippen LogP contribution in [0.1, 0.15) is 24.2 Å². The van der Waals surface area contributed by atoms with Gasteiger partial charge in [0.05, 0.1) is 5.56 Å². The molecule has 20 heavy (non-hydrogen) atoms. The Labute approximate surface area is 133 Å². The molecule has 106 valence electrons. The lowest BCUT2D eigenvalue weighted by atomic mass is 9.97. The van der Waals surface area contributed by atoms with Crippen LogP contribution in [0.5, 0.6) is 0 Å². The quantitative estimate of drug-likeness (QED) is 0.730. The molecule has 0 bridgehead atoms. The Kier molecular flexibility index (Phi) is 4.02. The van der Waals surface area contributed by atoms with Crippen LogP contribution in [0.3, 0.4) is 0 Å². The van der Waals surface area contributed by atoms with E-state index in [9.17, 15) is 14.4 Å². The number of benzene rings is 1. The summed E-state index contributed by atoms with van der Waals surface area (Å²) >= 11 is 6.63. The number of hydrogen-bond donors (Lipinski definition) is 1. The smallest absolute Gasteiger partial charge is 0.256 e. The topological polar surface area (TPSA) is 66.5 Å². The summed E-state index contributed by atoms with van der Waals surface area (Å²) in [7, 11) is 0. The Morgan fingerprint density at radius 1 is 1.30 bits per heavy atom. The summed E-state index contributed by atoms with van der Waals surface area (Å²) in [6.07, 6.45) is 0. The summed E-state index contributed by atoms with van der Waals surface area (Å²) in [6.45, 7) is 3.08. The van der Waals surface area contributed by atoms with Crippen molar-refractivity contribution in [3.63, 3.8) is 0 Å². The van der Waals surface area contributed by atoms with E-state index < -0.39 is 17.4 Å². The number of halogens is 2. The number of imide groups is 1. The molecular formula is C13H12Br2N2O3. The average Bonchev–Trinajstić information content (AvgIpc) is 2.33. The van der Waals surface area contributed by atoms with E-state index >= 15 is 0 Å². The fourth-order valence-corrected chi connectivity index (χ4v) is 3.13. The fraction of sp³-hybridized carbons (Fsp3) is 0.308. The summed E-state index contributed by atoms with van der Waals surface area (Å²) in [5.74, 6) is -1.32. The number of nitrogens with zero attached hydrogens (tertiary/aromatic N) is 1. The molecule has 1 aliphatic rings. The molecule has 0 aliphatic carbocycles. The number of amides is 3. The highest BCUT2D eigenvalue weighted by Gasteiger charge is 2.44. The highest BCUT2D eigenvalue weighted by atomic mass is 79.9. The predicted molar refractivity (Wildman–Crippen MR) is 80.1 cm³/mol. The van der Waals surface area contributed by atoms with E-state index in [0.717, 1.165) is 4.47 Å². The molecule has 1 aromatic rings. The van der Waals surface area contributed by atoms with E-state index in [2.05, 4.69) is 37.2 Å². The van der Waals surface area contributed by atoms with Crippen LogP contribution in [-0.4, -0.2) is 34.7 Å². The van der Waals surface area contributed by atoms with Crippen molar-refractivity contribution in [1.29, 1.82) is 0 Å². The molecule has 0 saturated carbocycles. The minimum atomic E-state index is -1.07. The summed E-state index contributed by atoms with van der Waals surface area (Å²) < 4.78 is 1.43. The van der Waals surface area contributed by atoms with E-state index in [-0.39, 0.29) is 12.5 Å². The summed E-state index contributed by atoms with van der Waals surface area (Å²) in [5.41, 5.74) is -0.666. The Morgan fingerprint density at radius 2 is 1.95 bits per heavy atom. The van der Waals surface area contributed by atoms with Crippen molar-refractivity contribution in [2.75, 3.05) is 6.54 Å². The first-order valence-electron chi connectivity index (χ1n) is 5.85. The van der Waals surface area contributed by atoms with Gasteiger partial charge in [-0.05, 0) is 48.0 Å². The lowest BCUT2D eigenvalue weighted by Crippen LogP contribution is -2.65. The number of carbonyl (C=O) groups is 3. The van der Waals surface area contributed by atoms with Gasteiger partial charge in [0.2, 0.25) is 5.91 Å². The molecule has 0 atom stereocenters. The van der Waals surface area contributed by atoms with Gasteiger partial charge in [-0.15, -0.1) is 0 Å². The van der Waals surface area contributed by atoms with E-state index in [1.54, 1.807) is 32.0 Å². The van der Waals surface area contributed by atoms with E-state index in [1.165, 1.54) is 4.90 Å². The summed E-state index contributed by atoms with van der Waals surface area (Å²) in [6, 6.07) is 5.12. The third kappa shape index (κ3) is 2.64. The SMILES string of the molecule is CC1(C)C(=O)NC(=O)CN1C(=O)c1ccc(Br)cc1Br. The van der Waals surface area contributed by atoms with E-state index in [1.807, 2.05) is 0 Å². The predicted octanol–water partition coefficient (Wildman–Crippen LogP) is 2.09. The zero-order valence-electron chi connectivity index (χ0n) is 10.9. The molecule has 0 spiro atoms. The second-order valence-corrected chi connectivity index (χ2v) is 6.72. The number of hydrogen-bond acceptors (Lipinski definition) is 3. The molecule has 1 fully saturated rings. The third-order valence-corrected chi connectivity index (χ3v) is 4.34. The van der Waals surface area contributed by atoms with Crippen LogP contribution in [0.25, 0.3) is 0 Å². The first-order chi connectivity index (χ1) is 9.23. The van der Waals surface area contributed by atoms with Gasteiger partial charge in [0.1, 0.15) is 12.1 Å². The molecule has 5 nitrogen and oxygen atoms in total. The van der Waals surface area contributed by atoms with Gasteiger partial charge >= 0.3 is 0 Å². The lowest BCUT2D eigenvalue weighted by Gasteiger charge is -2.40. The lowest BCUT2D eigenvalue weighted by molar-refractivity contribution is -0.143. The standard InChI is InChI=1S/C13H12Br2N2O3/c1-13(2)12(20)16-10(18)6-17(13)11(19)8-4-3-7(14)5-9(8)15/h3-5H,6H2,1-2H3,(H,16,18,20). The van der Waals surface area contributed by atoms with Crippen molar-refractivity contribution in [2.24, 2.45) is 0 Å². The largest absolute Gasteiger partial charge is 0.315 e. The second kappa shape index (κ2) is 5.29. The molecule has 0 radical (unpaired) electrons. The number of nitrogens with one attached hydrogen (secondary N) is 1. The summed E-state index contributed by atoms with van der Waals surface area (Å²) in [4.78, 5) is 37.2. The van der Waals surface area contributed by atoms with Crippen LogP contribution >= 0.6 is 31.9 Å². The summed E-state index contributed by atoms with van der Waals surface area (Å²) in [5, 5.41) is 2.24. The first-order valence-corrected chi connectivity index (χ1v) is 7.43. The van der Waals surface area contributed by atoms with Crippen LogP contribution in [-0.2, 0) is 9.59 Å². The van der Waals surface area contributed by atoms with Crippen LogP contribution in [0.2, 0.25) is 0 Å². The van der Waals surface area contributed by atoms with Gasteiger partial charge < -0.3 is 4.90 Å². The van der Waals surface area contributed by atoms with Gasteiger partial charge in [0.15, 0.2) is 0 Å². The van der Waals surface area contributed by atoms with Crippen LogP contribution < -0.4 is 5.32 Å². The molecule has 1 aromatic carbocycles. The first kappa shape index (κ1) is 15.2. The molecule has 0 aromatic heterocycles. The molecule has 1 aliphatic heterocycles. The second-order valence-electron chi connectivity index (χ2n) is 4.95. The van der Waals surface area contributed by atoms with Crippen LogP contribution in [0, 0.1) is 0 Å². The van der Waals surface area contributed by atoms with Gasteiger partial charge in [-0.1, -0.05) is 15.9 Å². The number of carbonyl (C=O) groups excluding carboxylic acids is 3. The van der Waals surface area contributed by atoms with Crippen LogP contribution in [0.15, 0.2) is 27.1 Å². The van der Waals surface area contributed by atoms with Crippen molar-refractivity contribution in [3.8, 4) is 0 Å². The molecule has 1 N–H and O–H groups in total. The molecule has 1 saturated heterocycles. The zero-order chi connectivity index (χ0) is 15.1. The molecular weight excluding hydrogens is 392 g/mol. The molecule has 3 amide bonds. The normalized spacial score (nSPS) is 17.9. The van der Waals surface area contributed by atoms with Gasteiger partial charge in [0.25, 0.3) is 11.8 Å². The molecule has 7 heteroatoms. The molecule has 0 unspecified atom stereocenters. The van der Waals surface area contributed by atoms with Crippen molar-refractivity contribution < 1.29 is 14.4 Å². The van der Waals surface area contributed by atoms with Gasteiger partial charge in [0, 0.05) is 8.95 Å². The Hall–Kier alpha value is -1.21. The average molecular weight is 404 g/mol. The van der Waals surface area contributed by atoms with Crippen molar-refractivity contribution >= 4 is 49.6 Å². The van der Waals surface area contributed by atoms with Crippen molar-refractivity contribution in [3.05, 3.63) is 32.7 Å². The highest BCUT2D eigenvalue weighted by molar-refractivity contribution is 9.11. The molecule has 2 rings (SSSR count). The maximum atomic E-state index is 12.6. The number of piperazine rings is 1. The van der Waals surface area contributed by atoms with E-state index in [4.69, 9.17) is 0 Å².